The summed E-state index contributed by atoms with van der Waals surface area (Å²) in [5.41, 5.74) is 0. The number of furan rings is 1. The molecule has 6 heteroatoms. The van der Waals surface area contributed by atoms with Crippen molar-refractivity contribution in [3.63, 3.8) is 0 Å². The van der Waals surface area contributed by atoms with Gasteiger partial charge in [-0.2, -0.15) is 0 Å². The lowest BCUT2D eigenvalue weighted by molar-refractivity contribution is -0.120. The van der Waals surface area contributed by atoms with Crippen LogP contribution >= 0.6 is 15.9 Å². The average Bonchev–Trinajstić information content (AvgIpc) is 2.82. The number of carbonyl (C=O) groups is 2. The van der Waals surface area contributed by atoms with Gasteiger partial charge in [0.15, 0.2) is 10.4 Å². The SMILES string of the molecule is CCCCCCNC(=O)CNC(=O)c1ccc(Br)o1. The molecule has 0 atom stereocenters. The Morgan fingerprint density at radius 2 is 2.00 bits per heavy atom. The summed E-state index contributed by atoms with van der Waals surface area (Å²) in [6.07, 6.45) is 4.44. The molecule has 1 aromatic rings. The van der Waals surface area contributed by atoms with E-state index >= 15 is 0 Å². The summed E-state index contributed by atoms with van der Waals surface area (Å²) in [5, 5.41) is 5.26. The first-order valence-corrected chi connectivity index (χ1v) is 7.23. The normalized spacial score (nSPS) is 10.2. The van der Waals surface area contributed by atoms with Crippen molar-refractivity contribution in [2.75, 3.05) is 13.1 Å². The van der Waals surface area contributed by atoms with Gasteiger partial charge in [0.25, 0.3) is 5.91 Å². The maximum atomic E-state index is 11.6. The predicted molar refractivity (Wildman–Crippen MR) is 75.9 cm³/mol. The molecule has 2 N–H and O–H groups in total. The topological polar surface area (TPSA) is 71.3 Å². The first kappa shape index (κ1) is 15.8. The Bertz CT molecular complexity index is 418. The van der Waals surface area contributed by atoms with Crippen molar-refractivity contribution >= 4 is 27.7 Å². The third-order valence-corrected chi connectivity index (χ3v) is 2.99. The zero-order chi connectivity index (χ0) is 14.1. The first-order chi connectivity index (χ1) is 9.13. The molecule has 0 aliphatic heterocycles. The van der Waals surface area contributed by atoms with Gasteiger partial charge < -0.3 is 15.1 Å². The van der Waals surface area contributed by atoms with Crippen LogP contribution in [0.5, 0.6) is 0 Å². The van der Waals surface area contributed by atoms with Crippen molar-refractivity contribution in [1.29, 1.82) is 0 Å². The minimum atomic E-state index is -0.396. The molecule has 0 saturated heterocycles. The van der Waals surface area contributed by atoms with Crippen LogP contribution in [0.3, 0.4) is 0 Å². The van der Waals surface area contributed by atoms with E-state index in [9.17, 15) is 9.59 Å². The summed E-state index contributed by atoms with van der Waals surface area (Å²) in [6, 6.07) is 3.17. The molecule has 2 amide bonds. The van der Waals surface area contributed by atoms with Crippen molar-refractivity contribution in [1.82, 2.24) is 10.6 Å². The molecule has 0 spiro atoms. The van der Waals surface area contributed by atoms with E-state index in [1.54, 1.807) is 12.1 Å². The minimum absolute atomic E-state index is 0.0368. The van der Waals surface area contributed by atoms with Gasteiger partial charge in [0.1, 0.15) is 0 Å². The molecule has 19 heavy (non-hydrogen) atoms. The Morgan fingerprint density at radius 1 is 1.21 bits per heavy atom. The van der Waals surface area contributed by atoms with Crippen LogP contribution in [0.2, 0.25) is 0 Å². The van der Waals surface area contributed by atoms with Gasteiger partial charge in [0, 0.05) is 6.54 Å². The second-order valence-electron chi connectivity index (χ2n) is 4.20. The summed E-state index contributed by atoms with van der Waals surface area (Å²) < 4.78 is 5.56. The maximum Gasteiger partial charge on any atom is 0.287 e. The largest absolute Gasteiger partial charge is 0.444 e. The molecule has 0 aromatic carbocycles. The molecule has 0 fully saturated rings. The van der Waals surface area contributed by atoms with Crippen molar-refractivity contribution < 1.29 is 14.0 Å². The fourth-order valence-electron chi connectivity index (χ4n) is 1.53. The van der Waals surface area contributed by atoms with Crippen molar-refractivity contribution in [3.8, 4) is 0 Å². The molecule has 0 radical (unpaired) electrons. The number of unbranched alkanes of at least 4 members (excludes halogenated alkanes) is 3. The summed E-state index contributed by atoms with van der Waals surface area (Å²) in [7, 11) is 0. The summed E-state index contributed by atoms with van der Waals surface area (Å²) in [4.78, 5) is 23.0. The maximum absolute atomic E-state index is 11.6. The Labute approximate surface area is 121 Å². The number of halogens is 1. The van der Waals surface area contributed by atoms with E-state index in [-0.39, 0.29) is 18.2 Å². The smallest absolute Gasteiger partial charge is 0.287 e. The summed E-state index contributed by atoms with van der Waals surface area (Å²) >= 11 is 3.11. The van der Waals surface area contributed by atoms with Crippen molar-refractivity contribution in [3.05, 3.63) is 22.6 Å². The van der Waals surface area contributed by atoms with E-state index in [1.807, 2.05) is 0 Å². The van der Waals surface area contributed by atoms with Crippen LogP contribution in [-0.4, -0.2) is 24.9 Å². The van der Waals surface area contributed by atoms with Gasteiger partial charge in [0.05, 0.1) is 6.54 Å². The van der Waals surface area contributed by atoms with E-state index < -0.39 is 5.91 Å². The van der Waals surface area contributed by atoms with E-state index in [2.05, 4.69) is 33.5 Å². The third kappa shape index (κ3) is 6.42. The van der Waals surface area contributed by atoms with Gasteiger partial charge in [-0.1, -0.05) is 26.2 Å². The van der Waals surface area contributed by atoms with Gasteiger partial charge in [-0.3, -0.25) is 9.59 Å². The molecule has 1 aromatic heterocycles. The lowest BCUT2D eigenvalue weighted by Crippen LogP contribution is -2.37. The van der Waals surface area contributed by atoms with Gasteiger partial charge in [-0.25, -0.2) is 0 Å². The minimum Gasteiger partial charge on any atom is -0.444 e. The Morgan fingerprint density at radius 3 is 2.63 bits per heavy atom. The standard InChI is InChI=1S/C13H19BrN2O3/c1-2-3-4-5-8-15-12(17)9-16-13(18)10-6-7-11(14)19-10/h6-7H,2-5,8-9H2,1H3,(H,15,17)(H,16,18). The average molecular weight is 331 g/mol. The van der Waals surface area contributed by atoms with Crippen molar-refractivity contribution in [2.24, 2.45) is 0 Å². The van der Waals surface area contributed by atoms with Crippen LogP contribution in [0.15, 0.2) is 21.2 Å². The number of carbonyl (C=O) groups excluding carboxylic acids is 2. The molecule has 1 rings (SSSR count). The molecule has 1 heterocycles. The fraction of sp³-hybridized carbons (Fsp3) is 0.538. The lowest BCUT2D eigenvalue weighted by atomic mass is 10.2. The molecular formula is C13H19BrN2O3. The van der Waals surface area contributed by atoms with Gasteiger partial charge in [-0.15, -0.1) is 0 Å². The zero-order valence-corrected chi connectivity index (χ0v) is 12.6. The quantitative estimate of drug-likeness (QED) is 0.719. The highest BCUT2D eigenvalue weighted by Gasteiger charge is 2.11. The molecule has 0 unspecified atom stereocenters. The Kier molecular flexibility index (Phi) is 7.25. The molecule has 0 aliphatic carbocycles. The molecule has 0 saturated carbocycles. The second-order valence-corrected chi connectivity index (χ2v) is 4.98. The highest BCUT2D eigenvalue weighted by Crippen LogP contribution is 2.13. The summed E-state index contributed by atoms with van der Waals surface area (Å²) in [5.74, 6) is -0.398. The highest BCUT2D eigenvalue weighted by molar-refractivity contribution is 9.10. The Hall–Kier alpha value is -1.30. The van der Waals surface area contributed by atoms with Crippen LogP contribution in [0, 0.1) is 0 Å². The van der Waals surface area contributed by atoms with Crippen LogP contribution in [0.25, 0.3) is 0 Å². The van der Waals surface area contributed by atoms with Gasteiger partial charge in [-0.05, 0) is 34.5 Å². The molecule has 106 valence electrons. The third-order valence-electron chi connectivity index (χ3n) is 2.56. The monoisotopic (exact) mass is 330 g/mol. The number of hydrogen-bond acceptors (Lipinski definition) is 3. The van der Waals surface area contributed by atoms with Crippen molar-refractivity contribution in [2.45, 2.75) is 32.6 Å². The second kappa shape index (κ2) is 8.74. The molecular weight excluding hydrogens is 312 g/mol. The zero-order valence-electron chi connectivity index (χ0n) is 11.0. The van der Waals surface area contributed by atoms with Crippen LogP contribution < -0.4 is 10.6 Å². The summed E-state index contributed by atoms with van der Waals surface area (Å²) in [6.45, 7) is 2.76. The predicted octanol–water partition coefficient (Wildman–Crippen LogP) is 2.47. The molecule has 0 aliphatic rings. The molecule has 5 nitrogen and oxygen atoms in total. The van der Waals surface area contributed by atoms with Gasteiger partial charge >= 0.3 is 0 Å². The van der Waals surface area contributed by atoms with E-state index in [0.29, 0.717) is 11.2 Å². The fourth-order valence-corrected chi connectivity index (χ4v) is 1.83. The number of nitrogens with one attached hydrogen (secondary N) is 2. The van der Waals surface area contributed by atoms with Gasteiger partial charge in [0.2, 0.25) is 5.91 Å². The van der Waals surface area contributed by atoms with E-state index in [0.717, 1.165) is 12.8 Å². The van der Waals surface area contributed by atoms with E-state index in [1.165, 1.54) is 12.8 Å². The first-order valence-electron chi connectivity index (χ1n) is 6.43. The van der Waals surface area contributed by atoms with E-state index in [4.69, 9.17) is 4.42 Å². The number of hydrogen-bond donors (Lipinski definition) is 2. The Balaban J connectivity index is 2.14. The van der Waals surface area contributed by atoms with Crippen LogP contribution in [-0.2, 0) is 4.79 Å². The molecule has 0 bridgehead atoms. The number of amides is 2. The van der Waals surface area contributed by atoms with Crippen LogP contribution in [0.1, 0.15) is 43.2 Å². The highest BCUT2D eigenvalue weighted by atomic mass is 79.9. The lowest BCUT2D eigenvalue weighted by Gasteiger charge is -2.05. The number of rotatable bonds is 8. The van der Waals surface area contributed by atoms with Crippen LogP contribution in [0.4, 0.5) is 0 Å².